The standard InChI is InChI=1S/2C3H5O3P.2Na/c2*4-2(1-7)3(5)6;;/h2*1,7H2,(H,5,6);;/q;;2*+1/p-2. The Morgan fingerprint density at radius 1 is 0.750 bits per heavy atom. The topological polar surface area (TPSA) is 114 Å². The monoisotopic (exact) mass is 284 g/mol. The smallest absolute Gasteiger partial charge is 0.542 e. The van der Waals surface area contributed by atoms with Gasteiger partial charge in [0.2, 0.25) is 0 Å². The number of Topliss-reactive ketones (excluding diaryl/α,β-unsaturated/α-hetero) is 2. The van der Waals surface area contributed by atoms with Crippen molar-refractivity contribution in [3.05, 3.63) is 0 Å². The van der Waals surface area contributed by atoms with E-state index < -0.39 is 23.5 Å². The fourth-order valence-electron chi connectivity index (χ4n) is 0.167. The van der Waals surface area contributed by atoms with Crippen LogP contribution < -0.4 is 69.3 Å². The van der Waals surface area contributed by atoms with Crippen LogP contribution in [0, 0.1) is 0 Å². The molecule has 10 heteroatoms. The summed E-state index contributed by atoms with van der Waals surface area (Å²) in [4.78, 5) is 38.6. The third kappa shape index (κ3) is 17.5. The molecule has 0 aromatic rings. The summed E-state index contributed by atoms with van der Waals surface area (Å²) in [7, 11) is 3.98. The zero-order valence-electron chi connectivity index (χ0n) is 9.02. The predicted molar refractivity (Wildman–Crippen MR) is 49.2 cm³/mol. The van der Waals surface area contributed by atoms with E-state index in [1.807, 2.05) is 18.5 Å². The molecule has 2 atom stereocenters. The SMILES string of the molecule is O=C([O-])C(=O)CP.O=C([O-])C(=O)CP.[Na+].[Na+]. The summed E-state index contributed by atoms with van der Waals surface area (Å²) in [5.41, 5.74) is 0. The molecular formula is C6H8Na2O6P2. The minimum Gasteiger partial charge on any atom is -0.542 e. The second-order valence-corrected chi connectivity index (χ2v) is 2.65. The Labute approximate surface area is 141 Å². The van der Waals surface area contributed by atoms with E-state index in [2.05, 4.69) is 0 Å². The van der Waals surface area contributed by atoms with Gasteiger partial charge in [0.25, 0.3) is 0 Å². The maximum Gasteiger partial charge on any atom is 1.00 e. The molecule has 0 saturated carbocycles. The summed E-state index contributed by atoms with van der Waals surface area (Å²) in [6, 6.07) is 0. The molecule has 0 saturated heterocycles. The van der Waals surface area contributed by atoms with Gasteiger partial charge >= 0.3 is 59.1 Å². The summed E-state index contributed by atoms with van der Waals surface area (Å²) < 4.78 is 0. The van der Waals surface area contributed by atoms with Gasteiger partial charge in [-0.05, 0) is 0 Å². The minimum atomic E-state index is -1.62. The van der Waals surface area contributed by atoms with E-state index in [1.165, 1.54) is 0 Å². The van der Waals surface area contributed by atoms with Crippen molar-refractivity contribution in [3.8, 4) is 0 Å². The molecule has 0 rings (SSSR count). The van der Waals surface area contributed by atoms with Gasteiger partial charge in [-0.1, -0.05) is 0 Å². The fourth-order valence-corrected chi connectivity index (χ4v) is 0.500. The molecule has 0 bridgehead atoms. The first-order valence-electron chi connectivity index (χ1n) is 3.25. The molecule has 0 heterocycles. The van der Waals surface area contributed by atoms with Crippen LogP contribution in [0.15, 0.2) is 0 Å². The van der Waals surface area contributed by atoms with E-state index in [1.54, 1.807) is 0 Å². The summed E-state index contributed by atoms with van der Waals surface area (Å²) >= 11 is 0. The maximum atomic E-state index is 9.83. The minimum absolute atomic E-state index is 0. The van der Waals surface area contributed by atoms with Crippen LogP contribution in [0.25, 0.3) is 0 Å². The summed E-state index contributed by atoms with van der Waals surface area (Å²) in [5.74, 6) is -5.00. The Morgan fingerprint density at radius 3 is 0.938 bits per heavy atom. The quantitative estimate of drug-likeness (QED) is 0.288. The number of aliphatic carboxylic acids is 2. The van der Waals surface area contributed by atoms with Gasteiger partial charge in [-0.15, -0.1) is 18.5 Å². The van der Waals surface area contributed by atoms with Crippen LogP contribution in [0.2, 0.25) is 0 Å². The van der Waals surface area contributed by atoms with Gasteiger partial charge in [-0.25, -0.2) is 0 Å². The van der Waals surface area contributed by atoms with Gasteiger partial charge in [0.15, 0.2) is 11.6 Å². The fraction of sp³-hybridized carbons (Fsp3) is 0.333. The number of hydrogen-bond acceptors (Lipinski definition) is 6. The summed E-state index contributed by atoms with van der Waals surface area (Å²) in [6.07, 6.45) is -0.134. The zero-order valence-corrected chi connectivity index (χ0v) is 15.3. The van der Waals surface area contributed by atoms with Gasteiger partial charge in [-0.2, -0.15) is 0 Å². The number of carbonyl (C=O) groups is 4. The molecule has 0 aromatic heterocycles. The van der Waals surface area contributed by atoms with Crippen molar-refractivity contribution in [1.82, 2.24) is 0 Å². The number of carbonyl (C=O) groups excluding carboxylic acids is 4. The molecule has 0 aliphatic rings. The number of rotatable bonds is 4. The Morgan fingerprint density at radius 2 is 0.938 bits per heavy atom. The van der Waals surface area contributed by atoms with Crippen LogP contribution in [0.1, 0.15) is 0 Å². The average Bonchev–Trinajstić information content (AvgIpc) is 2.15. The van der Waals surface area contributed by atoms with E-state index in [4.69, 9.17) is 0 Å². The molecule has 0 aliphatic heterocycles. The normalized spacial score (nSPS) is 7.12. The Hall–Kier alpha value is 1.14. The predicted octanol–water partition coefficient (Wildman–Crippen LogP) is -9.63. The number of carboxylic acid groups (broad SMARTS) is 2. The number of carboxylic acids is 2. The van der Waals surface area contributed by atoms with Crippen molar-refractivity contribution >= 4 is 42.0 Å². The van der Waals surface area contributed by atoms with E-state index in [0.29, 0.717) is 0 Å². The average molecular weight is 284 g/mol. The van der Waals surface area contributed by atoms with Crippen molar-refractivity contribution < 1.29 is 88.5 Å². The van der Waals surface area contributed by atoms with Crippen molar-refractivity contribution in [3.63, 3.8) is 0 Å². The molecule has 6 nitrogen and oxygen atoms in total. The number of ketones is 2. The van der Waals surface area contributed by atoms with E-state index in [0.717, 1.165) is 0 Å². The first-order chi connectivity index (χ1) is 6.36. The van der Waals surface area contributed by atoms with Crippen LogP contribution in [-0.4, -0.2) is 35.8 Å². The van der Waals surface area contributed by atoms with Crippen molar-refractivity contribution in [2.75, 3.05) is 12.3 Å². The molecule has 0 N–H and O–H groups in total. The van der Waals surface area contributed by atoms with Gasteiger partial charge in [0, 0.05) is 12.3 Å². The van der Waals surface area contributed by atoms with Crippen molar-refractivity contribution in [2.45, 2.75) is 0 Å². The van der Waals surface area contributed by atoms with Crippen molar-refractivity contribution in [1.29, 1.82) is 0 Å². The largest absolute Gasteiger partial charge is 1.00 e. The molecule has 16 heavy (non-hydrogen) atoms. The third-order valence-corrected chi connectivity index (χ3v) is 1.57. The third-order valence-electron chi connectivity index (χ3n) is 0.826. The summed E-state index contributed by atoms with van der Waals surface area (Å²) in [6.45, 7) is 0. The van der Waals surface area contributed by atoms with Gasteiger partial charge < -0.3 is 19.8 Å². The van der Waals surface area contributed by atoms with Gasteiger partial charge in [0.1, 0.15) is 11.9 Å². The first-order valence-corrected chi connectivity index (χ1v) is 4.88. The molecule has 2 unspecified atom stereocenters. The first kappa shape index (κ1) is 25.9. The Balaban J connectivity index is -0.0000000800. The molecule has 0 radical (unpaired) electrons. The van der Waals surface area contributed by atoms with Crippen LogP contribution in [0.3, 0.4) is 0 Å². The Kier molecular flexibility index (Phi) is 26.1. The molecule has 80 valence electrons. The molecule has 0 aliphatic carbocycles. The zero-order chi connectivity index (χ0) is 11.7. The van der Waals surface area contributed by atoms with Crippen LogP contribution in [-0.2, 0) is 19.2 Å². The Bertz CT molecular complexity index is 231. The van der Waals surface area contributed by atoms with Gasteiger partial charge in [0.05, 0.1) is 0 Å². The molecule has 0 amide bonds. The van der Waals surface area contributed by atoms with Gasteiger partial charge in [-0.3, -0.25) is 9.59 Å². The molecule has 0 aromatic carbocycles. The van der Waals surface area contributed by atoms with E-state index in [9.17, 15) is 29.4 Å². The molecule has 0 fully saturated rings. The summed E-state index contributed by atoms with van der Waals surface area (Å²) in [5, 5.41) is 18.9. The van der Waals surface area contributed by atoms with Crippen LogP contribution in [0.4, 0.5) is 0 Å². The van der Waals surface area contributed by atoms with E-state index in [-0.39, 0.29) is 71.4 Å². The van der Waals surface area contributed by atoms with E-state index >= 15 is 0 Å². The van der Waals surface area contributed by atoms with Crippen LogP contribution in [0.5, 0.6) is 0 Å². The maximum absolute atomic E-state index is 9.83. The second-order valence-electron chi connectivity index (χ2n) is 1.83. The second kappa shape index (κ2) is 16.1. The van der Waals surface area contributed by atoms with Crippen LogP contribution >= 0.6 is 18.5 Å². The molecular weight excluding hydrogens is 276 g/mol. The number of hydrogen-bond donors (Lipinski definition) is 0. The molecule has 0 spiro atoms. The van der Waals surface area contributed by atoms with Crippen molar-refractivity contribution in [2.24, 2.45) is 0 Å².